The normalized spacial score (nSPS) is 17.5. The highest BCUT2D eigenvalue weighted by molar-refractivity contribution is 5.48. The number of piperidine rings is 1. The average molecular weight is 235 g/mol. The van der Waals surface area contributed by atoms with Crippen LogP contribution in [0.2, 0.25) is 0 Å². The molecule has 0 unspecified atom stereocenters. The van der Waals surface area contributed by atoms with Crippen LogP contribution in [0.5, 0.6) is 0 Å². The Morgan fingerprint density at radius 2 is 2.12 bits per heavy atom. The maximum atomic E-state index is 5.77. The lowest BCUT2D eigenvalue weighted by atomic mass is 10.1. The molecule has 0 aliphatic carbocycles. The van der Waals surface area contributed by atoms with Crippen LogP contribution in [0.4, 0.5) is 5.82 Å². The van der Waals surface area contributed by atoms with Crippen molar-refractivity contribution in [3.63, 3.8) is 0 Å². The van der Waals surface area contributed by atoms with E-state index < -0.39 is 0 Å². The molecule has 0 aromatic carbocycles. The van der Waals surface area contributed by atoms with Gasteiger partial charge in [-0.3, -0.25) is 0 Å². The van der Waals surface area contributed by atoms with Gasteiger partial charge in [0.05, 0.1) is 6.10 Å². The summed E-state index contributed by atoms with van der Waals surface area (Å²) in [7, 11) is 1.79. The molecule has 0 spiro atoms. The van der Waals surface area contributed by atoms with E-state index in [2.05, 4.69) is 16.0 Å². The number of nitrogens with zero attached hydrogens (tertiary/aromatic N) is 2. The lowest BCUT2D eigenvalue weighted by Crippen LogP contribution is -2.37. The molecule has 2 N–H and O–H groups in total. The second-order valence-corrected chi connectivity index (χ2v) is 4.56. The minimum absolute atomic E-state index is 0.400. The number of rotatable bonds is 3. The van der Waals surface area contributed by atoms with E-state index in [1.807, 2.05) is 13.0 Å². The van der Waals surface area contributed by atoms with Crippen LogP contribution in [0.25, 0.3) is 0 Å². The molecule has 1 saturated heterocycles. The Balaban J connectivity index is 2.14. The molecule has 1 fully saturated rings. The predicted molar refractivity (Wildman–Crippen MR) is 69.1 cm³/mol. The Kier molecular flexibility index (Phi) is 3.97. The third kappa shape index (κ3) is 2.76. The van der Waals surface area contributed by atoms with Gasteiger partial charge in [-0.2, -0.15) is 0 Å². The molecule has 1 aromatic rings. The molecule has 4 nitrogen and oxygen atoms in total. The number of hydrogen-bond donors (Lipinski definition) is 1. The smallest absolute Gasteiger partial charge is 0.133 e. The van der Waals surface area contributed by atoms with E-state index in [0.717, 1.165) is 43.0 Å². The molecule has 94 valence electrons. The molecule has 2 heterocycles. The van der Waals surface area contributed by atoms with Crippen molar-refractivity contribution >= 4 is 5.82 Å². The number of aryl methyl sites for hydroxylation is 1. The molecule has 0 bridgehead atoms. The first-order valence-corrected chi connectivity index (χ1v) is 6.19. The predicted octanol–water partition coefficient (Wildman–Crippen LogP) is 1.46. The first kappa shape index (κ1) is 12.3. The van der Waals surface area contributed by atoms with Gasteiger partial charge in [-0.05, 0) is 25.8 Å². The Hall–Kier alpha value is -1.13. The summed E-state index contributed by atoms with van der Waals surface area (Å²) in [6, 6.07) is 4.10. The molecular weight excluding hydrogens is 214 g/mol. The lowest BCUT2D eigenvalue weighted by molar-refractivity contribution is 0.0817. The van der Waals surface area contributed by atoms with E-state index in [9.17, 15) is 0 Å². The monoisotopic (exact) mass is 235 g/mol. The SMILES string of the molecule is COC1CCN(c2nc(C)ccc2CN)CC1. The fourth-order valence-corrected chi connectivity index (χ4v) is 2.31. The molecule has 0 atom stereocenters. The van der Waals surface area contributed by atoms with Crippen molar-refractivity contribution in [1.82, 2.24) is 4.98 Å². The summed E-state index contributed by atoms with van der Waals surface area (Å²) in [5.74, 6) is 1.06. The first-order valence-electron chi connectivity index (χ1n) is 6.19. The maximum Gasteiger partial charge on any atom is 0.133 e. The van der Waals surface area contributed by atoms with E-state index in [-0.39, 0.29) is 0 Å². The molecule has 2 rings (SSSR count). The number of aromatic nitrogens is 1. The van der Waals surface area contributed by atoms with Crippen molar-refractivity contribution in [3.05, 3.63) is 23.4 Å². The standard InChI is InChI=1S/C13H21N3O/c1-10-3-4-11(9-14)13(15-10)16-7-5-12(17-2)6-8-16/h3-4,12H,5-9,14H2,1-2H3. The van der Waals surface area contributed by atoms with Crippen LogP contribution < -0.4 is 10.6 Å². The van der Waals surface area contributed by atoms with Gasteiger partial charge in [0.25, 0.3) is 0 Å². The quantitative estimate of drug-likeness (QED) is 0.862. The first-order chi connectivity index (χ1) is 8.24. The lowest BCUT2D eigenvalue weighted by Gasteiger charge is -2.33. The van der Waals surface area contributed by atoms with Crippen molar-refractivity contribution < 1.29 is 4.74 Å². The molecule has 0 amide bonds. The van der Waals surface area contributed by atoms with Crippen molar-refractivity contribution in [2.45, 2.75) is 32.4 Å². The highest BCUT2D eigenvalue weighted by Crippen LogP contribution is 2.23. The Morgan fingerprint density at radius 1 is 1.41 bits per heavy atom. The Bertz CT molecular complexity index is 373. The van der Waals surface area contributed by atoms with Gasteiger partial charge in [0, 0.05) is 38.0 Å². The van der Waals surface area contributed by atoms with Gasteiger partial charge in [0.2, 0.25) is 0 Å². The van der Waals surface area contributed by atoms with Gasteiger partial charge in [0.15, 0.2) is 0 Å². The van der Waals surface area contributed by atoms with Gasteiger partial charge in [-0.1, -0.05) is 6.07 Å². The summed E-state index contributed by atoms with van der Waals surface area (Å²) < 4.78 is 5.38. The van der Waals surface area contributed by atoms with E-state index in [1.165, 1.54) is 0 Å². The topological polar surface area (TPSA) is 51.4 Å². The van der Waals surface area contributed by atoms with Gasteiger partial charge in [-0.15, -0.1) is 0 Å². The van der Waals surface area contributed by atoms with Gasteiger partial charge in [-0.25, -0.2) is 4.98 Å². The molecule has 1 aliphatic rings. The zero-order valence-electron chi connectivity index (χ0n) is 10.6. The second kappa shape index (κ2) is 5.47. The molecule has 1 aromatic heterocycles. The van der Waals surface area contributed by atoms with Crippen LogP contribution >= 0.6 is 0 Å². The van der Waals surface area contributed by atoms with Crippen LogP contribution in [0, 0.1) is 6.92 Å². The molecule has 0 radical (unpaired) electrons. The van der Waals surface area contributed by atoms with Crippen LogP contribution in [-0.2, 0) is 11.3 Å². The van der Waals surface area contributed by atoms with E-state index in [4.69, 9.17) is 10.5 Å². The molecule has 17 heavy (non-hydrogen) atoms. The second-order valence-electron chi connectivity index (χ2n) is 4.56. The summed E-state index contributed by atoms with van der Waals surface area (Å²) in [5, 5.41) is 0. The third-order valence-corrected chi connectivity index (χ3v) is 3.39. The van der Waals surface area contributed by atoms with Gasteiger partial charge < -0.3 is 15.4 Å². The zero-order chi connectivity index (χ0) is 12.3. The number of pyridine rings is 1. The summed E-state index contributed by atoms with van der Waals surface area (Å²) in [6.07, 6.45) is 2.53. The molecular formula is C13H21N3O. The highest BCUT2D eigenvalue weighted by Gasteiger charge is 2.21. The van der Waals surface area contributed by atoms with E-state index in [0.29, 0.717) is 12.6 Å². The summed E-state index contributed by atoms with van der Waals surface area (Å²) in [5.41, 5.74) is 7.95. The number of ether oxygens (including phenoxy) is 1. The summed E-state index contributed by atoms with van der Waals surface area (Å²) >= 11 is 0. The fraction of sp³-hybridized carbons (Fsp3) is 0.615. The number of anilines is 1. The largest absolute Gasteiger partial charge is 0.381 e. The molecule has 4 heteroatoms. The van der Waals surface area contributed by atoms with E-state index >= 15 is 0 Å². The minimum Gasteiger partial charge on any atom is -0.381 e. The Morgan fingerprint density at radius 3 is 2.71 bits per heavy atom. The summed E-state index contributed by atoms with van der Waals surface area (Å²) in [6.45, 7) is 4.57. The van der Waals surface area contributed by atoms with Gasteiger partial charge >= 0.3 is 0 Å². The van der Waals surface area contributed by atoms with E-state index in [1.54, 1.807) is 7.11 Å². The number of methoxy groups -OCH3 is 1. The average Bonchev–Trinajstić information content (AvgIpc) is 2.39. The molecule has 1 aliphatic heterocycles. The van der Waals surface area contributed by atoms with Crippen molar-refractivity contribution in [3.8, 4) is 0 Å². The van der Waals surface area contributed by atoms with Crippen molar-refractivity contribution in [2.24, 2.45) is 5.73 Å². The molecule has 0 saturated carbocycles. The van der Waals surface area contributed by atoms with Crippen LogP contribution in [0.1, 0.15) is 24.1 Å². The Labute approximate surface area is 103 Å². The highest BCUT2D eigenvalue weighted by atomic mass is 16.5. The fourth-order valence-electron chi connectivity index (χ4n) is 2.31. The number of nitrogens with two attached hydrogens (primary N) is 1. The zero-order valence-corrected chi connectivity index (χ0v) is 10.6. The minimum atomic E-state index is 0.400. The summed E-state index contributed by atoms with van der Waals surface area (Å²) in [4.78, 5) is 6.95. The number of hydrogen-bond acceptors (Lipinski definition) is 4. The van der Waals surface area contributed by atoms with Crippen molar-refractivity contribution in [1.29, 1.82) is 0 Å². The van der Waals surface area contributed by atoms with Crippen LogP contribution in [0.15, 0.2) is 12.1 Å². The van der Waals surface area contributed by atoms with Crippen molar-refractivity contribution in [2.75, 3.05) is 25.1 Å². The van der Waals surface area contributed by atoms with Gasteiger partial charge in [0.1, 0.15) is 5.82 Å². The van der Waals surface area contributed by atoms with Crippen LogP contribution in [0.3, 0.4) is 0 Å². The maximum absolute atomic E-state index is 5.77. The third-order valence-electron chi connectivity index (χ3n) is 3.39. The van der Waals surface area contributed by atoms with Crippen LogP contribution in [-0.4, -0.2) is 31.3 Å².